The van der Waals surface area contributed by atoms with Crippen molar-refractivity contribution >= 4 is 5.84 Å². The van der Waals surface area contributed by atoms with Gasteiger partial charge in [0.15, 0.2) is 0 Å². The zero-order valence-electron chi connectivity index (χ0n) is 10.3. The Kier molecular flexibility index (Phi) is 3.27. The van der Waals surface area contributed by atoms with Gasteiger partial charge in [-0.25, -0.2) is 0 Å². The highest BCUT2D eigenvalue weighted by Crippen LogP contribution is 2.20. The summed E-state index contributed by atoms with van der Waals surface area (Å²) < 4.78 is 7.28. The lowest BCUT2D eigenvalue weighted by Crippen LogP contribution is -2.11. The highest BCUT2D eigenvalue weighted by atomic mass is 16.5. The molecule has 94 valence electrons. The monoisotopic (exact) mass is 245 g/mol. The van der Waals surface area contributed by atoms with E-state index >= 15 is 0 Å². The van der Waals surface area contributed by atoms with Crippen molar-refractivity contribution in [3.8, 4) is 5.75 Å². The van der Waals surface area contributed by atoms with Crippen LogP contribution in [-0.2, 0) is 13.7 Å². The number of nitrogens with one attached hydrogen (secondary N) is 1. The minimum Gasteiger partial charge on any atom is -0.487 e. The van der Waals surface area contributed by atoms with E-state index in [2.05, 4.69) is 10.3 Å². The van der Waals surface area contributed by atoms with Gasteiger partial charge in [0, 0.05) is 12.6 Å². The molecule has 0 spiro atoms. The molecule has 2 aromatic rings. The number of benzene rings is 1. The largest absolute Gasteiger partial charge is 0.487 e. The number of aryl methyl sites for hydroxylation is 2. The number of rotatable bonds is 4. The summed E-state index contributed by atoms with van der Waals surface area (Å²) in [6, 6.07) is 5.43. The number of nitrogen functional groups attached to an aromatic ring is 1. The van der Waals surface area contributed by atoms with Crippen molar-refractivity contribution in [2.24, 2.45) is 12.8 Å². The van der Waals surface area contributed by atoms with E-state index in [1.165, 1.54) is 0 Å². The van der Waals surface area contributed by atoms with E-state index in [9.17, 15) is 0 Å². The minimum atomic E-state index is 0.0272. The van der Waals surface area contributed by atoms with Gasteiger partial charge in [-0.05, 0) is 18.6 Å². The molecule has 0 unspecified atom stereocenters. The van der Waals surface area contributed by atoms with Crippen molar-refractivity contribution in [2.45, 2.75) is 13.5 Å². The second-order valence-electron chi connectivity index (χ2n) is 4.07. The fourth-order valence-electron chi connectivity index (χ4n) is 1.54. The summed E-state index contributed by atoms with van der Waals surface area (Å²) >= 11 is 0. The van der Waals surface area contributed by atoms with Crippen LogP contribution in [0, 0.1) is 12.3 Å². The highest BCUT2D eigenvalue weighted by Gasteiger charge is 2.05. The second-order valence-corrected chi connectivity index (χ2v) is 4.07. The molecule has 1 aromatic heterocycles. The molecule has 1 heterocycles. The lowest BCUT2D eigenvalue weighted by molar-refractivity contribution is 0.299. The Hall–Kier alpha value is -2.37. The molecule has 0 saturated heterocycles. The topological polar surface area (TPSA) is 89.8 Å². The van der Waals surface area contributed by atoms with E-state index in [0.717, 1.165) is 11.3 Å². The number of nitrogens with zero attached hydrogens (tertiary/aromatic N) is 3. The van der Waals surface area contributed by atoms with Crippen LogP contribution in [-0.4, -0.2) is 20.8 Å². The van der Waals surface area contributed by atoms with Crippen molar-refractivity contribution in [1.82, 2.24) is 15.0 Å². The van der Waals surface area contributed by atoms with Crippen LogP contribution in [0.25, 0.3) is 0 Å². The molecule has 6 heteroatoms. The smallest absolute Gasteiger partial charge is 0.134 e. The highest BCUT2D eigenvalue weighted by molar-refractivity contribution is 5.95. The maximum absolute atomic E-state index is 7.40. The quantitative estimate of drug-likeness (QED) is 0.620. The third-order valence-electron chi connectivity index (χ3n) is 2.52. The summed E-state index contributed by atoms with van der Waals surface area (Å²) in [4.78, 5) is 0. The van der Waals surface area contributed by atoms with Crippen LogP contribution in [0.2, 0.25) is 0 Å². The molecule has 0 bridgehead atoms. The molecule has 0 fully saturated rings. The predicted octanol–water partition coefficient (Wildman–Crippen LogP) is 0.987. The summed E-state index contributed by atoms with van der Waals surface area (Å²) in [6.07, 6.45) is 1.80. The Morgan fingerprint density at radius 2 is 2.28 bits per heavy atom. The van der Waals surface area contributed by atoms with Crippen molar-refractivity contribution in [2.75, 3.05) is 0 Å². The Morgan fingerprint density at radius 1 is 1.50 bits per heavy atom. The van der Waals surface area contributed by atoms with Crippen LogP contribution in [0.15, 0.2) is 24.4 Å². The Balaban J connectivity index is 2.13. The predicted molar refractivity (Wildman–Crippen MR) is 67.5 cm³/mol. The van der Waals surface area contributed by atoms with Gasteiger partial charge in [-0.2, -0.15) is 0 Å². The summed E-state index contributed by atoms with van der Waals surface area (Å²) in [5, 5.41) is 15.2. The molecule has 0 amide bonds. The summed E-state index contributed by atoms with van der Waals surface area (Å²) in [5.41, 5.74) is 7.84. The lowest BCUT2D eigenvalue weighted by Gasteiger charge is -2.09. The molecule has 0 radical (unpaired) electrons. The Labute approximate surface area is 105 Å². The van der Waals surface area contributed by atoms with Crippen molar-refractivity contribution < 1.29 is 4.74 Å². The molecule has 1 aromatic carbocycles. The first-order chi connectivity index (χ1) is 8.56. The molecule has 0 aliphatic rings. The van der Waals surface area contributed by atoms with Crippen LogP contribution in [0.5, 0.6) is 5.75 Å². The first-order valence-electron chi connectivity index (χ1n) is 5.49. The SMILES string of the molecule is Cc1ccc(C(=N)N)cc1OCc1cn(C)nn1. The average Bonchev–Trinajstić information content (AvgIpc) is 2.74. The summed E-state index contributed by atoms with van der Waals surface area (Å²) in [6.45, 7) is 2.28. The molecular weight excluding hydrogens is 230 g/mol. The van der Waals surface area contributed by atoms with Crippen molar-refractivity contribution in [3.05, 3.63) is 41.2 Å². The van der Waals surface area contributed by atoms with Gasteiger partial charge >= 0.3 is 0 Å². The van der Waals surface area contributed by atoms with E-state index in [0.29, 0.717) is 17.9 Å². The van der Waals surface area contributed by atoms with E-state index in [-0.39, 0.29) is 5.84 Å². The van der Waals surface area contributed by atoms with Gasteiger partial charge in [0.05, 0.1) is 6.20 Å². The van der Waals surface area contributed by atoms with Crippen molar-refractivity contribution in [3.63, 3.8) is 0 Å². The van der Waals surface area contributed by atoms with Crippen LogP contribution in [0.3, 0.4) is 0 Å². The standard InChI is InChI=1S/C12H15N5O/c1-8-3-4-9(12(13)14)5-11(8)18-7-10-6-17(2)16-15-10/h3-6H,7H2,1-2H3,(H3,13,14). The first kappa shape index (κ1) is 12.1. The molecule has 18 heavy (non-hydrogen) atoms. The first-order valence-corrected chi connectivity index (χ1v) is 5.49. The van der Waals surface area contributed by atoms with Gasteiger partial charge in [-0.15, -0.1) is 5.10 Å². The zero-order chi connectivity index (χ0) is 13.1. The molecule has 0 atom stereocenters. The van der Waals surface area contributed by atoms with Gasteiger partial charge in [0.25, 0.3) is 0 Å². The van der Waals surface area contributed by atoms with Crippen LogP contribution in [0.4, 0.5) is 0 Å². The maximum atomic E-state index is 7.40. The van der Waals surface area contributed by atoms with E-state index < -0.39 is 0 Å². The van der Waals surface area contributed by atoms with Crippen LogP contribution in [0.1, 0.15) is 16.8 Å². The molecule has 0 saturated carbocycles. The number of nitrogens with two attached hydrogens (primary N) is 1. The molecule has 2 rings (SSSR count). The average molecular weight is 245 g/mol. The van der Waals surface area contributed by atoms with Gasteiger partial charge < -0.3 is 10.5 Å². The van der Waals surface area contributed by atoms with Crippen molar-refractivity contribution in [1.29, 1.82) is 5.41 Å². The molecule has 3 N–H and O–H groups in total. The molecule has 6 nitrogen and oxygen atoms in total. The third kappa shape index (κ3) is 2.65. The molecular formula is C12H15N5O. The second kappa shape index (κ2) is 4.87. The summed E-state index contributed by atoms with van der Waals surface area (Å²) in [5.74, 6) is 0.729. The van der Waals surface area contributed by atoms with Gasteiger partial charge in [-0.3, -0.25) is 10.1 Å². The minimum absolute atomic E-state index is 0.0272. The number of hydrogen-bond donors (Lipinski definition) is 2. The maximum Gasteiger partial charge on any atom is 0.134 e. The number of hydrogen-bond acceptors (Lipinski definition) is 4. The normalized spacial score (nSPS) is 10.3. The molecule has 0 aliphatic heterocycles. The molecule has 0 aliphatic carbocycles. The zero-order valence-corrected chi connectivity index (χ0v) is 10.3. The lowest BCUT2D eigenvalue weighted by atomic mass is 10.1. The van der Waals surface area contributed by atoms with Crippen LogP contribution < -0.4 is 10.5 Å². The fraction of sp³-hybridized carbons (Fsp3) is 0.250. The van der Waals surface area contributed by atoms with Gasteiger partial charge in [-0.1, -0.05) is 17.3 Å². The van der Waals surface area contributed by atoms with Gasteiger partial charge in [0.1, 0.15) is 23.9 Å². The summed E-state index contributed by atoms with van der Waals surface area (Å²) in [7, 11) is 1.80. The number of aromatic nitrogens is 3. The Bertz CT molecular complexity index is 576. The number of ether oxygens (including phenoxy) is 1. The fourth-order valence-corrected chi connectivity index (χ4v) is 1.54. The Morgan fingerprint density at radius 3 is 2.89 bits per heavy atom. The third-order valence-corrected chi connectivity index (χ3v) is 2.52. The van der Waals surface area contributed by atoms with E-state index in [1.54, 1.807) is 30.1 Å². The van der Waals surface area contributed by atoms with Gasteiger partial charge in [0.2, 0.25) is 0 Å². The van der Waals surface area contributed by atoms with Crippen LogP contribution >= 0.6 is 0 Å². The number of amidine groups is 1. The van der Waals surface area contributed by atoms with E-state index in [4.69, 9.17) is 15.9 Å². The van der Waals surface area contributed by atoms with E-state index in [1.807, 2.05) is 13.0 Å².